The summed E-state index contributed by atoms with van der Waals surface area (Å²) < 4.78 is 2.25. The quantitative estimate of drug-likeness (QED) is 0.396. The van der Waals surface area contributed by atoms with Gasteiger partial charge in [-0.1, -0.05) is 28.3 Å². The highest BCUT2D eigenvalue weighted by molar-refractivity contribution is 7.65. The second-order valence-corrected chi connectivity index (χ2v) is 15.8. The Balaban J connectivity index is 1.31. The number of carbonyl (C=O) groups excluding carboxylic acids is 1. The molecule has 204 valence electrons. The third-order valence-electron chi connectivity index (χ3n) is 7.51. The van der Waals surface area contributed by atoms with Crippen LogP contribution in [0.2, 0.25) is 0 Å². The molecule has 1 N–H and O–H groups in total. The van der Waals surface area contributed by atoms with Crippen LogP contribution in [0.1, 0.15) is 49.1 Å². The highest BCUT2D eigenvalue weighted by Gasteiger charge is 2.30. The predicted octanol–water partition coefficient (Wildman–Crippen LogP) is 4.57. The van der Waals surface area contributed by atoms with Gasteiger partial charge in [0.2, 0.25) is 5.95 Å². The molecule has 1 amide bonds. The monoisotopic (exact) mass is 572 g/mol. The summed E-state index contributed by atoms with van der Waals surface area (Å²) in [5.41, 5.74) is 2.61. The molecule has 2 fully saturated rings. The van der Waals surface area contributed by atoms with Crippen LogP contribution in [0.25, 0.3) is 11.0 Å². The van der Waals surface area contributed by atoms with E-state index >= 15 is 0 Å². The number of hydrogen-bond acceptors (Lipinski definition) is 7. The van der Waals surface area contributed by atoms with Gasteiger partial charge in [-0.25, -0.2) is 9.97 Å². The van der Waals surface area contributed by atoms with Crippen molar-refractivity contribution in [3.8, 4) is 0 Å². The van der Waals surface area contributed by atoms with Crippen molar-refractivity contribution in [2.75, 3.05) is 56.7 Å². The normalized spacial score (nSPS) is 17.7. The Kier molecular flexibility index (Phi) is 8.50. The highest BCUT2D eigenvalue weighted by atomic mass is 31.2. The molecule has 1 saturated heterocycles. The number of carbonyl (C=O) groups is 1. The summed E-state index contributed by atoms with van der Waals surface area (Å²) in [4.78, 5) is 33.6. The van der Waals surface area contributed by atoms with Crippen LogP contribution in [0.5, 0.6) is 0 Å². The number of piperazine rings is 1. The molecular weight excluding hydrogens is 533 g/mol. The second kappa shape index (κ2) is 11.7. The van der Waals surface area contributed by atoms with E-state index in [1.807, 2.05) is 18.3 Å². The third-order valence-corrected chi connectivity index (χ3v) is 10.7. The summed E-state index contributed by atoms with van der Waals surface area (Å²) in [6, 6.07) is 6.31. The third kappa shape index (κ3) is 5.82. The van der Waals surface area contributed by atoms with Gasteiger partial charge < -0.3 is 19.7 Å². The Bertz CT molecular complexity index is 1270. The Morgan fingerprint density at radius 3 is 2.50 bits per heavy atom. The Labute approximate surface area is 231 Å². The molecule has 1 aliphatic heterocycles. The van der Waals surface area contributed by atoms with Crippen LogP contribution in [0.4, 0.5) is 17.5 Å². The zero-order valence-corrected chi connectivity index (χ0v) is 25.8. The molecule has 0 radical (unpaired) electrons. The van der Waals surface area contributed by atoms with E-state index in [9.17, 15) is 4.79 Å². The van der Waals surface area contributed by atoms with E-state index in [4.69, 9.17) is 4.98 Å². The van der Waals surface area contributed by atoms with Gasteiger partial charge in [-0.3, -0.25) is 9.69 Å². The first-order valence-electron chi connectivity index (χ1n) is 13.4. The number of amides is 1. The van der Waals surface area contributed by atoms with Crippen molar-refractivity contribution in [3.63, 3.8) is 0 Å². The number of nitrogens with zero attached hydrogens (tertiary/aromatic N) is 7. The van der Waals surface area contributed by atoms with Gasteiger partial charge >= 0.3 is 0 Å². The fraction of sp³-hybridized carbons (Fsp3) is 0.538. The minimum atomic E-state index is -0.00523. The van der Waals surface area contributed by atoms with Gasteiger partial charge in [0, 0.05) is 57.9 Å². The molecule has 3 aromatic rings. The summed E-state index contributed by atoms with van der Waals surface area (Å²) in [6.45, 7) is 6.29. The van der Waals surface area contributed by atoms with Crippen molar-refractivity contribution < 1.29 is 4.79 Å². The molecule has 3 aromatic heterocycles. The molecule has 4 heterocycles. The number of aromatic nitrogens is 4. The van der Waals surface area contributed by atoms with Crippen molar-refractivity contribution in [1.82, 2.24) is 29.3 Å². The number of rotatable bonds is 8. The summed E-state index contributed by atoms with van der Waals surface area (Å²) >= 11 is 0. The molecule has 5 rings (SSSR count). The number of anilines is 3. The lowest BCUT2D eigenvalue weighted by Gasteiger charge is -2.44. The number of nitrogens with one attached hydrogen (secondary N) is 1. The Hall–Kier alpha value is -1.91. The maximum Gasteiger partial charge on any atom is 0.270 e. The smallest absolute Gasteiger partial charge is 0.270 e. The zero-order chi connectivity index (χ0) is 26.9. The molecule has 0 spiro atoms. The van der Waals surface area contributed by atoms with E-state index in [1.165, 1.54) is 19.0 Å². The van der Waals surface area contributed by atoms with Crippen LogP contribution in [-0.4, -0.2) is 86.4 Å². The Morgan fingerprint density at radius 2 is 1.87 bits per heavy atom. The van der Waals surface area contributed by atoms with Gasteiger partial charge in [-0.05, 0) is 37.2 Å². The second-order valence-electron chi connectivity index (χ2n) is 10.4. The molecule has 9 nitrogen and oxygen atoms in total. The number of hydrogen-bond donors (Lipinski definition) is 1. The minimum Gasteiger partial charge on any atom is -0.368 e. The van der Waals surface area contributed by atoms with Crippen molar-refractivity contribution in [1.29, 1.82) is 0 Å². The zero-order valence-electron chi connectivity index (χ0n) is 22.5. The summed E-state index contributed by atoms with van der Waals surface area (Å²) in [7, 11) is 10.5. The molecule has 0 bridgehead atoms. The lowest BCUT2D eigenvalue weighted by Crippen LogP contribution is -2.50. The highest BCUT2D eigenvalue weighted by Crippen LogP contribution is 2.47. The summed E-state index contributed by atoms with van der Waals surface area (Å²) in [5.74, 6) is 1.18. The maximum absolute atomic E-state index is 12.9. The van der Waals surface area contributed by atoms with Crippen LogP contribution >= 0.6 is 27.1 Å². The van der Waals surface area contributed by atoms with Crippen LogP contribution in [0, 0.1) is 0 Å². The minimum absolute atomic E-state index is 0.00523. The van der Waals surface area contributed by atoms with Gasteiger partial charge in [-0.15, -0.1) is 18.5 Å². The fourth-order valence-corrected chi connectivity index (χ4v) is 8.24. The van der Waals surface area contributed by atoms with Gasteiger partial charge in [0.15, 0.2) is 0 Å². The lowest BCUT2D eigenvalue weighted by atomic mass is 10.2. The van der Waals surface area contributed by atoms with Crippen LogP contribution in [-0.2, 0) is 0 Å². The first kappa shape index (κ1) is 27.6. The van der Waals surface area contributed by atoms with Gasteiger partial charge in [0.25, 0.3) is 5.91 Å². The largest absolute Gasteiger partial charge is 0.368 e. The molecule has 3 unspecified atom stereocenters. The summed E-state index contributed by atoms with van der Waals surface area (Å²) in [6.07, 6.45) is 9.41. The SMILES string of the molecule is CCPC(P)(P)N1CCN(c2ccc(Nc3ncc4cc(C(=O)N(C)C)n(C5CCCC5)c4n3)nc2)CC1. The van der Waals surface area contributed by atoms with Gasteiger partial charge in [0.05, 0.1) is 16.6 Å². The molecular formula is C26H39N8OP3. The van der Waals surface area contributed by atoms with Crippen molar-refractivity contribution in [2.45, 2.75) is 43.4 Å². The van der Waals surface area contributed by atoms with Gasteiger partial charge in [-0.2, -0.15) is 4.98 Å². The first-order valence-corrected chi connectivity index (χ1v) is 15.8. The van der Waals surface area contributed by atoms with Crippen molar-refractivity contribution in [2.24, 2.45) is 0 Å². The van der Waals surface area contributed by atoms with E-state index in [0.29, 0.717) is 17.5 Å². The molecule has 12 heteroatoms. The van der Waals surface area contributed by atoms with E-state index in [0.717, 1.165) is 64.3 Å². The van der Waals surface area contributed by atoms with Crippen LogP contribution in [0.15, 0.2) is 30.6 Å². The average molecular weight is 573 g/mol. The standard InChI is InChI=1S/C26H39N8OP3/c1-4-38-26(36,37)33-13-11-32(12-14-33)20-9-10-22(27-17-20)29-25-28-16-18-15-21(24(35)31(2)3)34(23(18)30-25)19-7-5-6-8-19/h9-10,15-17,19,38H,4-8,11-14,36-37H2,1-3H3,(H,27,28,29,30). The molecule has 1 saturated carbocycles. The topological polar surface area (TPSA) is 82.4 Å². The fourth-order valence-electron chi connectivity index (χ4n) is 5.49. The van der Waals surface area contributed by atoms with E-state index < -0.39 is 0 Å². The van der Waals surface area contributed by atoms with Gasteiger partial charge in [0.1, 0.15) is 17.2 Å². The first-order chi connectivity index (χ1) is 18.3. The predicted molar refractivity (Wildman–Crippen MR) is 165 cm³/mol. The Morgan fingerprint density at radius 1 is 1.13 bits per heavy atom. The summed E-state index contributed by atoms with van der Waals surface area (Å²) in [5, 5.41) is 4.16. The molecule has 2 aliphatic rings. The van der Waals surface area contributed by atoms with E-state index in [2.05, 4.69) is 61.1 Å². The lowest BCUT2D eigenvalue weighted by molar-refractivity contribution is 0.0815. The maximum atomic E-state index is 12.9. The van der Waals surface area contributed by atoms with Crippen molar-refractivity contribution in [3.05, 3.63) is 36.3 Å². The molecule has 0 aromatic carbocycles. The number of fused-ring (bicyclic) bond motifs is 1. The molecule has 1 aliphatic carbocycles. The van der Waals surface area contributed by atoms with Crippen LogP contribution in [0.3, 0.4) is 0 Å². The molecule has 3 atom stereocenters. The average Bonchev–Trinajstić information content (AvgIpc) is 3.56. The van der Waals surface area contributed by atoms with Crippen LogP contribution < -0.4 is 10.2 Å². The van der Waals surface area contributed by atoms with E-state index in [1.54, 1.807) is 25.2 Å². The van der Waals surface area contributed by atoms with Crippen molar-refractivity contribution >= 4 is 61.5 Å². The van der Waals surface area contributed by atoms with E-state index in [-0.39, 0.29) is 16.7 Å². The molecule has 38 heavy (non-hydrogen) atoms. The number of pyridine rings is 1.